The molecule has 0 radical (unpaired) electrons. The van der Waals surface area contributed by atoms with Crippen molar-refractivity contribution in [3.63, 3.8) is 0 Å². The number of fused-ring (bicyclic) bond motifs is 2. The Morgan fingerprint density at radius 1 is 0.727 bits per heavy atom. The highest BCUT2D eigenvalue weighted by molar-refractivity contribution is 5.99. The number of hydrogen-bond donors (Lipinski definition) is 3. The van der Waals surface area contributed by atoms with Gasteiger partial charge < -0.3 is 10.7 Å². The Labute approximate surface area is 191 Å². The van der Waals surface area contributed by atoms with Crippen molar-refractivity contribution < 1.29 is 0 Å². The summed E-state index contributed by atoms with van der Waals surface area (Å²) in [5.41, 5.74) is 15.0. The highest BCUT2D eigenvalue weighted by Gasteiger charge is 2.12. The first kappa shape index (κ1) is 19.3. The van der Waals surface area contributed by atoms with E-state index in [2.05, 4.69) is 93.0 Å². The Kier molecular flexibility index (Phi) is 4.65. The van der Waals surface area contributed by atoms with Crippen LogP contribution in [0.2, 0.25) is 0 Å². The van der Waals surface area contributed by atoms with Crippen LogP contribution in [0.5, 0.6) is 0 Å². The van der Waals surface area contributed by atoms with Crippen LogP contribution in [0, 0.1) is 0 Å². The second-order valence-electron chi connectivity index (χ2n) is 8.36. The maximum absolute atomic E-state index is 6.03. The molecule has 0 fully saturated rings. The SMILES string of the molecule is Nc1n[nH]c2ccc(-c3ccnc4[nH]c(-c5cccc(CCc6ccccc6)c5)cc34)cc12. The number of hydrogen-bond acceptors (Lipinski definition) is 3. The summed E-state index contributed by atoms with van der Waals surface area (Å²) in [5.74, 6) is 0.513. The molecule has 0 aliphatic carbocycles. The molecule has 33 heavy (non-hydrogen) atoms. The number of nitrogens with two attached hydrogens (primary N) is 1. The van der Waals surface area contributed by atoms with Crippen LogP contribution in [0.25, 0.3) is 44.3 Å². The van der Waals surface area contributed by atoms with Crippen molar-refractivity contribution in [2.45, 2.75) is 12.8 Å². The van der Waals surface area contributed by atoms with Gasteiger partial charge in [-0.3, -0.25) is 5.10 Å². The van der Waals surface area contributed by atoms with Gasteiger partial charge >= 0.3 is 0 Å². The summed E-state index contributed by atoms with van der Waals surface area (Å²) in [6, 6.07) is 29.8. The Balaban J connectivity index is 1.35. The van der Waals surface area contributed by atoms with Gasteiger partial charge in [-0.2, -0.15) is 5.10 Å². The van der Waals surface area contributed by atoms with Gasteiger partial charge in [0, 0.05) is 22.7 Å². The zero-order chi connectivity index (χ0) is 22.2. The topological polar surface area (TPSA) is 83.4 Å². The van der Waals surface area contributed by atoms with Crippen molar-refractivity contribution in [1.29, 1.82) is 0 Å². The van der Waals surface area contributed by atoms with Gasteiger partial charge in [-0.15, -0.1) is 0 Å². The first-order valence-corrected chi connectivity index (χ1v) is 11.1. The van der Waals surface area contributed by atoms with E-state index in [0.29, 0.717) is 5.82 Å². The highest BCUT2D eigenvalue weighted by Crippen LogP contribution is 2.33. The maximum atomic E-state index is 6.03. The Morgan fingerprint density at radius 3 is 2.48 bits per heavy atom. The van der Waals surface area contributed by atoms with Crippen molar-refractivity contribution in [2.24, 2.45) is 0 Å². The molecule has 0 bridgehead atoms. The molecule has 5 nitrogen and oxygen atoms in total. The quantitative estimate of drug-likeness (QED) is 0.308. The predicted octanol–water partition coefficient (Wildman–Crippen LogP) is 6.14. The van der Waals surface area contributed by atoms with Crippen molar-refractivity contribution in [3.8, 4) is 22.4 Å². The number of benzene rings is 3. The van der Waals surface area contributed by atoms with Crippen molar-refractivity contribution in [3.05, 3.63) is 102 Å². The van der Waals surface area contributed by atoms with E-state index in [1.807, 2.05) is 18.3 Å². The molecule has 3 aromatic heterocycles. The molecule has 0 aliphatic heterocycles. The van der Waals surface area contributed by atoms with Crippen LogP contribution in [0.3, 0.4) is 0 Å². The summed E-state index contributed by atoms with van der Waals surface area (Å²) in [4.78, 5) is 8.10. The Morgan fingerprint density at radius 2 is 1.58 bits per heavy atom. The number of pyridine rings is 1. The van der Waals surface area contributed by atoms with E-state index in [0.717, 1.165) is 51.6 Å². The number of rotatable bonds is 5. The molecular weight excluding hydrogens is 406 g/mol. The third kappa shape index (κ3) is 3.64. The number of nitrogen functional groups attached to an aromatic ring is 1. The first-order valence-electron chi connectivity index (χ1n) is 11.1. The predicted molar refractivity (Wildman–Crippen MR) is 135 cm³/mol. The van der Waals surface area contributed by atoms with Gasteiger partial charge in [0.25, 0.3) is 0 Å². The van der Waals surface area contributed by atoms with Crippen LogP contribution in [0.1, 0.15) is 11.1 Å². The molecule has 3 heterocycles. The number of aromatic amines is 2. The fourth-order valence-electron chi connectivity index (χ4n) is 4.46. The van der Waals surface area contributed by atoms with Gasteiger partial charge in [-0.1, -0.05) is 54.6 Å². The number of H-pyrrole nitrogens is 2. The smallest absolute Gasteiger partial charge is 0.153 e. The van der Waals surface area contributed by atoms with Gasteiger partial charge in [0.05, 0.1) is 5.52 Å². The minimum atomic E-state index is 0.513. The fourth-order valence-corrected chi connectivity index (χ4v) is 4.46. The molecule has 5 heteroatoms. The third-order valence-electron chi connectivity index (χ3n) is 6.22. The lowest BCUT2D eigenvalue weighted by Gasteiger charge is -2.05. The second kappa shape index (κ2) is 7.95. The van der Waals surface area contributed by atoms with Crippen LogP contribution >= 0.6 is 0 Å². The first-order chi connectivity index (χ1) is 16.2. The van der Waals surface area contributed by atoms with E-state index in [4.69, 9.17) is 5.73 Å². The minimum absolute atomic E-state index is 0.513. The second-order valence-corrected chi connectivity index (χ2v) is 8.36. The Bertz CT molecular complexity index is 1580. The average molecular weight is 430 g/mol. The maximum Gasteiger partial charge on any atom is 0.153 e. The minimum Gasteiger partial charge on any atom is -0.382 e. The zero-order valence-electron chi connectivity index (χ0n) is 18.0. The molecule has 160 valence electrons. The van der Waals surface area contributed by atoms with Crippen LogP contribution in [0.4, 0.5) is 5.82 Å². The molecule has 0 saturated carbocycles. The van der Waals surface area contributed by atoms with Crippen molar-refractivity contribution in [1.82, 2.24) is 20.2 Å². The number of aryl methyl sites for hydroxylation is 2. The molecule has 0 saturated heterocycles. The standard InChI is InChI=1S/C28H23N5/c29-27-24-16-20(11-12-25(24)32-33-27)22-13-14-30-28-23(22)17-26(31-28)21-8-4-7-19(15-21)10-9-18-5-2-1-3-6-18/h1-8,11-17H,9-10H2,(H,30,31)(H3,29,32,33). The zero-order valence-corrected chi connectivity index (χ0v) is 18.0. The van der Waals surface area contributed by atoms with E-state index in [9.17, 15) is 0 Å². The van der Waals surface area contributed by atoms with Gasteiger partial charge in [-0.05, 0) is 71.0 Å². The summed E-state index contributed by atoms with van der Waals surface area (Å²) >= 11 is 0. The average Bonchev–Trinajstić information content (AvgIpc) is 3.47. The molecular formula is C28H23N5. The Hall–Kier alpha value is -4.38. The van der Waals surface area contributed by atoms with Crippen LogP contribution in [-0.4, -0.2) is 20.2 Å². The van der Waals surface area contributed by atoms with E-state index < -0.39 is 0 Å². The van der Waals surface area contributed by atoms with Crippen LogP contribution in [-0.2, 0) is 12.8 Å². The van der Waals surface area contributed by atoms with Gasteiger partial charge in [0.15, 0.2) is 5.82 Å². The molecule has 6 aromatic rings. The lowest BCUT2D eigenvalue weighted by Crippen LogP contribution is -1.91. The van der Waals surface area contributed by atoms with Gasteiger partial charge in [0.1, 0.15) is 5.65 Å². The number of nitrogens with zero attached hydrogens (tertiary/aromatic N) is 2. The normalized spacial score (nSPS) is 11.4. The van der Waals surface area contributed by atoms with Crippen molar-refractivity contribution >= 4 is 27.8 Å². The van der Waals surface area contributed by atoms with Crippen LogP contribution < -0.4 is 5.73 Å². The van der Waals surface area contributed by atoms with E-state index in [-0.39, 0.29) is 0 Å². The van der Waals surface area contributed by atoms with Crippen molar-refractivity contribution in [2.75, 3.05) is 5.73 Å². The summed E-state index contributed by atoms with van der Waals surface area (Å²) in [5, 5.41) is 9.09. The summed E-state index contributed by atoms with van der Waals surface area (Å²) in [7, 11) is 0. The van der Waals surface area contributed by atoms with E-state index in [1.54, 1.807) is 0 Å². The lowest BCUT2D eigenvalue weighted by molar-refractivity contribution is 0.960. The number of aromatic nitrogens is 4. The number of anilines is 1. The molecule has 3 aromatic carbocycles. The molecule has 4 N–H and O–H groups in total. The monoisotopic (exact) mass is 429 g/mol. The van der Waals surface area contributed by atoms with E-state index in [1.165, 1.54) is 16.7 Å². The molecule has 0 amide bonds. The fraction of sp³-hybridized carbons (Fsp3) is 0.0714. The summed E-state index contributed by atoms with van der Waals surface area (Å²) in [6.07, 6.45) is 3.88. The van der Waals surface area contributed by atoms with Gasteiger partial charge in [0.2, 0.25) is 0 Å². The summed E-state index contributed by atoms with van der Waals surface area (Å²) < 4.78 is 0. The molecule has 0 aliphatic rings. The number of nitrogens with one attached hydrogen (secondary N) is 2. The molecule has 0 atom stereocenters. The van der Waals surface area contributed by atoms with Crippen LogP contribution in [0.15, 0.2) is 91.1 Å². The highest BCUT2D eigenvalue weighted by atomic mass is 15.1. The summed E-state index contributed by atoms with van der Waals surface area (Å²) in [6.45, 7) is 0. The van der Waals surface area contributed by atoms with E-state index >= 15 is 0 Å². The third-order valence-corrected chi connectivity index (χ3v) is 6.22. The largest absolute Gasteiger partial charge is 0.382 e. The molecule has 0 spiro atoms. The lowest BCUT2D eigenvalue weighted by atomic mass is 10.0. The van der Waals surface area contributed by atoms with Gasteiger partial charge in [-0.25, -0.2) is 4.98 Å². The molecule has 0 unspecified atom stereocenters. The molecule has 6 rings (SSSR count).